The van der Waals surface area contributed by atoms with E-state index in [-0.39, 0.29) is 31.1 Å². The van der Waals surface area contributed by atoms with Gasteiger partial charge in [0, 0.05) is 18.7 Å². The monoisotopic (exact) mass is 478 g/mol. The maximum atomic E-state index is 14.4. The van der Waals surface area contributed by atoms with Crippen LogP contribution in [-0.2, 0) is 30.8 Å². The third-order valence-electron chi connectivity index (χ3n) is 5.73. The Morgan fingerprint density at radius 2 is 1.71 bits per heavy atom. The van der Waals surface area contributed by atoms with Crippen LogP contribution in [0.15, 0.2) is 87.9 Å². The molecule has 0 atom stereocenters. The number of amides is 1. The summed E-state index contributed by atoms with van der Waals surface area (Å²) in [5.41, 5.74) is 1.30. The molecule has 0 aliphatic heterocycles. The van der Waals surface area contributed by atoms with Crippen molar-refractivity contribution in [2.24, 2.45) is 0 Å². The average molecular weight is 479 g/mol. The van der Waals surface area contributed by atoms with Gasteiger partial charge in [-0.3, -0.25) is 9.69 Å². The Kier molecular flexibility index (Phi) is 8.11. The van der Waals surface area contributed by atoms with Gasteiger partial charge < -0.3 is 13.7 Å². The lowest BCUT2D eigenvalue weighted by molar-refractivity contribution is -0.133. The molecule has 0 saturated heterocycles. The summed E-state index contributed by atoms with van der Waals surface area (Å²) in [4.78, 5) is 17.0. The number of aryl methyl sites for hydroxylation is 1. The Bertz CT molecular complexity index is 1220. The number of rotatable bonds is 11. The molecular formula is C28H28F2N2O3. The molecule has 35 heavy (non-hydrogen) atoms. The average Bonchev–Trinajstić information content (AvgIpc) is 3.51. The van der Waals surface area contributed by atoms with Crippen molar-refractivity contribution in [1.82, 2.24) is 9.80 Å². The van der Waals surface area contributed by atoms with Gasteiger partial charge in [-0.1, -0.05) is 30.3 Å². The van der Waals surface area contributed by atoms with E-state index in [1.807, 2.05) is 49.4 Å². The van der Waals surface area contributed by atoms with Crippen LogP contribution in [0.4, 0.5) is 8.78 Å². The Morgan fingerprint density at radius 1 is 0.886 bits per heavy atom. The van der Waals surface area contributed by atoms with E-state index in [0.29, 0.717) is 31.0 Å². The van der Waals surface area contributed by atoms with E-state index in [2.05, 4.69) is 0 Å². The van der Waals surface area contributed by atoms with Crippen molar-refractivity contribution in [2.45, 2.75) is 33.0 Å². The van der Waals surface area contributed by atoms with Crippen LogP contribution in [0.2, 0.25) is 0 Å². The van der Waals surface area contributed by atoms with Crippen molar-refractivity contribution in [3.8, 4) is 0 Å². The molecule has 7 heteroatoms. The van der Waals surface area contributed by atoms with Gasteiger partial charge in [-0.25, -0.2) is 8.78 Å². The second kappa shape index (κ2) is 11.6. The molecule has 0 spiro atoms. The minimum absolute atomic E-state index is 0.00509. The molecule has 0 bridgehead atoms. The van der Waals surface area contributed by atoms with Gasteiger partial charge in [0.1, 0.15) is 28.9 Å². The van der Waals surface area contributed by atoms with Crippen molar-refractivity contribution in [3.63, 3.8) is 0 Å². The molecule has 182 valence electrons. The number of nitrogens with zero attached hydrogens (tertiary/aromatic N) is 2. The van der Waals surface area contributed by atoms with Crippen LogP contribution in [0.3, 0.4) is 0 Å². The molecule has 0 aliphatic rings. The van der Waals surface area contributed by atoms with E-state index < -0.39 is 11.6 Å². The lowest BCUT2D eigenvalue weighted by Crippen LogP contribution is -2.40. The lowest BCUT2D eigenvalue weighted by atomic mass is 10.1. The molecule has 0 radical (unpaired) electrons. The van der Waals surface area contributed by atoms with Crippen LogP contribution in [0, 0.1) is 18.6 Å². The minimum atomic E-state index is -0.525. The Morgan fingerprint density at radius 3 is 2.43 bits per heavy atom. The van der Waals surface area contributed by atoms with Gasteiger partial charge in [-0.15, -0.1) is 0 Å². The smallest absolute Gasteiger partial charge is 0.237 e. The predicted molar refractivity (Wildman–Crippen MR) is 128 cm³/mol. The second-order valence-electron chi connectivity index (χ2n) is 8.52. The molecule has 4 rings (SSSR count). The van der Waals surface area contributed by atoms with E-state index in [1.54, 1.807) is 28.2 Å². The number of benzene rings is 2. The third-order valence-corrected chi connectivity index (χ3v) is 5.73. The highest BCUT2D eigenvalue weighted by Crippen LogP contribution is 2.17. The first kappa shape index (κ1) is 24.4. The fourth-order valence-electron chi connectivity index (χ4n) is 3.95. The molecule has 2 heterocycles. The fraction of sp³-hybridized carbons (Fsp3) is 0.250. The van der Waals surface area contributed by atoms with Crippen molar-refractivity contribution >= 4 is 5.91 Å². The Hall–Kier alpha value is -3.71. The van der Waals surface area contributed by atoms with Crippen LogP contribution in [0.1, 0.15) is 28.4 Å². The molecule has 1 amide bonds. The van der Waals surface area contributed by atoms with Crippen LogP contribution in [0.5, 0.6) is 0 Å². The number of hydrogen-bond acceptors (Lipinski definition) is 4. The molecule has 2 aromatic heterocycles. The second-order valence-corrected chi connectivity index (χ2v) is 8.52. The highest BCUT2D eigenvalue weighted by atomic mass is 19.1. The molecule has 5 nitrogen and oxygen atoms in total. The van der Waals surface area contributed by atoms with E-state index in [1.165, 1.54) is 0 Å². The summed E-state index contributed by atoms with van der Waals surface area (Å²) >= 11 is 0. The summed E-state index contributed by atoms with van der Waals surface area (Å²) in [6.45, 7) is 3.01. The molecule has 4 aromatic rings. The largest absolute Gasteiger partial charge is 0.468 e. The maximum absolute atomic E-state index is 14.4. The highest BCUT2D eigenvalue weighted by molar-refractivity contribution is 5.78. The van der Waals surface area contributed by atoms with Crippen molar-refractivity contribution in [1.29, 1.82) is 0 Å². The summed E-state index contributed by atoms with van der Waals surface area (Å²) < 4.78 is 39.3. The molecule has 2 aromatic carbocycles. The van der Waals surface area contributed by atoms with Crippen LogP contribution in [0.25, 0.3) is 0 Å². The van der Waals surface area contributed by atoms with E-state index in [4.69, 9.17) is 8.83 Å². The summed E-state index contributed by atoms with van der Waals surface area (Å²) in [5, 5.41) is 0. The predicted octanol–water partition coefficient (Wildman–Crippen LogP) is 5.73. The fourth-order valence-corrected chi connectivity index (χ4v) is 3.95. The molecule has 0 N–H and O–H groups in total. The molecule has 0 unspecified atom stereocenters. The standard InChI is InChI=1S/C28H28F2N2O3/c1-21-9-11-26(35-21)19-32(14-13-22-6-3-2-4-7-22)28(33)20-31(18-25-8-5-15-34-25)17-23-16-24(29)10-12-27(23)30/h2-12,15-16H,13-14,17-20H2,1H3. The number of hydrogen-bond donors (Lipinski definition) is 0. The summed E-state index contributed by atoms with van der Waals surface area (Å²) in [6.07, 6.45) is 2.23. The first-order valence-corrected chi connectivity index (χ1v) is 11.5. The topological polar surface area (TPSA) is 49.8 Å². The number of furan rings is 2. The first-order chi connectivity index (χ1) is 17.0. The quantitative estimate of drug-likeness (QED) is 0.276. The first-order valence-electron chi connectivity index (χ1n) is 11.5. The van der Waals surface area contributed by atoms with E-state index in [0.717, 1.165) is 29.5 Å². The van der Waals surface area contributed by atoms with Crippen LogP contribution < -0.4 is 0 Å². The highest BCUT2D eigenvalue weighted by Gasteiger charge is 2.21. The zero-order chi connectivity index (χ0) is 24.6. The molecule has 0 fully saturated rings. The Labute approximate surface area is 203 Å². The van der Waals surface area contributed by atoms with Crippen LogP contribution in [-0.4, -0.2) is 28.8 Å². The summed E-state index contributed by atoms with van der Waals surface area (Å²) in [7, 11) is 0. The van der Waals surface area contributed by atoms with Gasteiger partial charge in [0.05, 0.1) is 25.9 Å². The zero-order valence-electron chi connectivity index (χ0n) is 19.6. The summed E-state index contributed by atoms with van der Waals surface area (Å²) in [5.74, 6) is 0.915. The van der Waals surface area contributed by atoms with Gasteiger partial charge in [0.25, 0.3) is 0 Å². The van der Waals surface area contributed by atoms with Gasteiger partial charge in [-0.05, 0) is 61.4 Å². The molecular weight excluding hydrogens is 450 g/mol. The van der Waals surface area contributed by atoms with Gasteiger partial charge in [-0.2, -0.15) is 0 Å². The maximum Gasteiger partial charge on any atom is 0.237 e. The number of halogens is 2. The molecule has 0 aliphatic carbocycles. The van der Waals surface area contributed by atoms with Gasteiger partial charge in [0.15, 0.2) is 0 Å². The minimum Gasteiger partial charge on any atom is -0.468 e. The summed E-state index contributed by atoms with van der Waals surface area (Å²) in [6, 6.07) is 20.6. The lowest BCUT2D eigenvalue weighted by Gasteiger charge is -2.27. The Balaban J connectivity index is 1.52. The van der Waals surface area contributed by atoms with E-state index in [9.17, 15) is 13.6 Å². The van der Waals surface area contributed by atoms with Crippen molar-refractivity contribution < 1.29 is 22.4 Å². The number of carbonyl (C=O) groups excluding carboxylic acids is 1. The van der Waals surface area contributed by atoms with Crippen molar-refractivity contribution in [3.05, 3.63) is 119 Å². The SMILES string of the molecule is Cc1ccc(CN(CCc2ccccc2)C(=O)CN(Cc2ccco2)Cc2cc(F)ccc2F)o1. The van der Waals surface area contributed by atoms with Gasteiger partial charge >= 0.3 is 0 Å². The van der Waals surface area contributed by atoms with E-state index >= 15 is 0 Å². The zero-order valence-corrected chi connectivity index (χ0v) is 19.6. The van der Waals surface area contributed by atoms with Crippen molar-refractivity contribution in [2.75, 3.05) is 13.1 Å². The van der Waals surface area contributed by atoms with Gasteiger partial charge in [0.2, 0.25) is 5.91 Å². The third kappa shape index (κ3) is 7.13. The van der Waals surface area contributed by atoms with Crippen LogP contribution >= 0.6 is 0 Å². The number of carbonyl (C=O) groups is 1. The molecule has 0 saturated carbocycles. The normalized spacial score (nSPS) is 11.2.